The van der Waals surface area contributed by atoms with Gasteiger partial charge in [0.2, 0.25) is 0 Å². The lowest BCUT2D eigenvalue weighted by Gasteiger charge is -2.22. The van der Waals surface area contributed by atoms with Crippen molar-refractivity contribution in [1.29, 1.82) is 0 Å². The van der Waals surface area contributed by atoms with Gasteiger partial charge < -0.3 is 14.8 Å². The Morgan fingerprint density at radius 2 is 1.83 bits per heavy atom. The van der Waals surface area contributed by atoms with Gasteiger partial charge in [0, 0.05) is 6.42 Å². The Balaban J connectivity index is 5.12. The van der Waals surface area contributed by atoms with Crippen molar-refractivity contribution in [3.05, 3.63) is 10.4 Å². The number of ether oxygens (including phenoxy) is 2. The standard InChI is InChI=1S/C15H26ClNO6S/c1-6-22-13(18)9-8-11(10-12(16)24(20,21)7-2)17-14(19)23-15(3,4)5/h10-11H,6-9H2,1-5H3,(H,17,19). The van der Waals surface area contributed by atoms with Gasteiger partial charge in [0.25, 0.3) is 0 Å². The first-order chi connectivity index (χ1) is 10.9. The van der Waals surface area contributed by atoms with Gasteiger partial charge in [-0.25, -0.2) is 13.2 Å². The van der Waals surface area contributed by atoms with E-state index in [-0.39, 0.29) is 29.6 Å². The lowest BCUT2D eigenvalue weighted by molar-refractivity contribution is -0.143. The smallest absolute Gasteiger partial charge is 0.408 e. The number of carbonyl (C=O) groups excluding carboxylic acids is 2. The molecule has 0 aromatic rings. The summed E-state index contributed by atoms with van der Waals surface area (Å²) in [5.74, 6) is -0.615. The molecule has 0 heterocycles. The van der Waals surface area contributed by atoms with Gasteiger partial charge in [-0.1, -0.05) is 18.5 Å². The first-order valence-corrected chi connectivity index (χ1v) is 9.69. The van der Waals surface area contributed by atoms with Crippen LogP contribution in [-0.4, -0.2) is 44.5 Å². The summed E-state index contributed by atoms with van der Waals surface area (Å²) >= 11 is 5.83. The van der Waals surface area contributed by atoms with Gasteiger partial charge in [-0.3, -0.25) is 4.79 Å². The molecule has 1 atom stereocenters. The summed E-state index contributed by atoms with van der Waals surface area (Å²) in [7, 11) is -3.59. The summed E-state index contributed by atoms with van der Waals surface area (Å²) in [6.45, 7) is 8.48. The van der Waals surface area contributed by atoms with E-state index in [1.165, 1.54) is 13.0 Å². The summed E-state index contributed by atoms with van der Waals surface area (Å²) in [6.07, 6.45) is 0.601. The average molecular weight is 384 g/mol. The summed E-state index contributed by atoms with van der Waals surface area (Å²) in [6, 6.07) is -0.780. The van der Waals surface area contributed by atoms with Crippen molar-refractivity contribution < 1.29 is 27.5 Å². The predicted molar refractivity (Wildman–Crippen MR) is 92.4 cm³/mol. The second-order valence-electron chi connectivity index (χ2n) is 5.97. The zero-order valence-electron chi connectivity index (χ0n) is 14.7. The van der Waals surface area contributed by atoms with Crippen LogP contribution in [0, 0.1) is 0 Å². The molecule has 1 unspecified atom stereocenters. The van der Waals surface area contributed by atoms with Crippen molar-refractivity contribution in [2.24, 2.45) is 0 Å². The number of halogens is 1. The molecule has 0 aromatic carbocycles. The van der Waals surface area contributed by atoms with Crippen molar-refractivity contribution in [3.63, 3.8) is 0 Å². The number of hydrogen-bond acceptors (Lipinski definition) is 6. The molecule has 24 heavy (non-hydrogen) atoms. The molecule has 0 bridgehead atoms. The lowest BCUT2D eigenvalue weighted by Crippen LogP contribution is -2.38. The fourth-order valence-corrected chi connectivity index (χ4v) is 2.69. The fraction of sp³-hybridized carbons (Fsp3) is 0.733. The quantitative estimate of drug-likeness (QED) is 0.647. The van der Waals surface area contributed by atoms with E-state index in [0.717, 1.165) is 0 Å². The average Bonchev–Trinajstić information content (AvgIpc) is 2.42. The molecule has 0 aliphatic carbocycles. The molecule has 0 rings (SSSR count). The number of sulfone groups is 1. The van der Waals surface area contributed by atoms with Crippen molar-refractivity contribution in [1.82, 2.24) is 5.32 Å². The molecule has 0 fully saturated rings. The number of hydrogen-bond donors (Lipinski definition) is 1. The highest BCUT2D eigenvalue weighted by molar-refractivity contribution is 7.96. The van der Waals surface area contributed by atoms with Crippen molar-refractivity contribution in [2.45, 2.75) is 59.1 Å². The van der Waals surface area contributed by atoms with E-state index in [1.807, 2.05) is 0 Å². The SMILES string of the molecule is CCOC(=O)CCC(C=C(Cl)S(=O)(=O)CC)NC(=O)OC(C)(C)C. The van der Waals surface area contributed by atoms with E-state index in [4.69, 9.17) is 21.1 Å². The third-order valence-electron chi connectivity index (χ3n) is 2.68. The Bertz CT molecular complexity index is 565. The van der Waals surface area contributed by atoms with E-state index in [2.05, 4.69) is 5.32 Å². The van der Waals surface area contributed by atoms with Gasteiger partial charge in [0.1, 0.15) is 9.97 Å². The van der Waals surface area contributed by atoms with E-state index in [9.17, 15) is 18.0 Å². The minimum atomic E-state index is -3.59. The van der Waals surface area contributed by atoms with Crippen LogP contribution >= 0.6 is 11.6 Å². The topological polar surface area (TPSA) is 98.8 Å². The summed E-state index contributed by atoms with van der Waals surface area (Å²) < 4.78 is 33.1. The normalized spacial score (nSPS) is 14.0. The minimum Gasteiger partial charge on any atom is -0.466 e. The lowest BCUT2D eigenvalue weighted by atomic mass is 10.1. The molecule has 0 radical (unpaired) electrons. The maximum absolute atomic E-state index is 11.9. The van der Waals surface area contributed by atoms with Crippen LogP contribution in [-0.2, 0) is 24.1 Å². The highest BCUT2D eigenvalue weighted by Gasteiger charge is 2.21. The van der Waals surface area contributed by atoms with Crippen molar-refractivity contribution >= 4 is 33.5 Å². The van der Waals surface area contributed by atoms with E-state index in [0.29, 0.717) is 0 Å². The van der Waals surface area contributed by atoms with Gasteiger partial charge in [0.05, 0.1) is 18.4 Å². The van der Waals surface area contributed by atoms with E-state index in [1.54, 1.807) is 27.7 Å². The van der Waals surface area contributed by atoms with Gasteiger partial charge in [0.15, 0.2) is 9.84 Å². The molecule has 0 aromatic heterocycles. The molecule has 9 heteroatoms. The molecule has 1 amide bonds. The monoisotopic (exact) mass is 383 g/mol. The summed E-state index contributed by atoms with van der Waals surface area (Å²) in [5, 5.41) is 2.50. The number of amides is 1. The molecule has 0 saturated carbocycles. The Hall–Kier alpha value is -1.28. The maximum Gasteiger partial charge on any atom is 0.408 e. The number of alkyl carbamates (subject to hydrolysis) is 1. The summed E-state index contributed by atoms with van der Waals surface area (Å²) in [4.78, 5) is 23.3. The molecule has 0 aliphatic heterocycles. The molecule has 0 spiro atoms. The molecule has 0 aliphatic rings. The number of carbonyl (C=O) groups is 2. The van der Waals surface area contributed by atoms with E-state index >= 15 is 0 Å². The summed E-state index contributed by atoms with van der Waals surface area (Å²) in [5.41, 5.74) is -0.710. The minimum absolute atomic E-state index is 0.00114. The van der Waals surface area contributed by atoms with E-state index < -0.39 is 33.5 Å². The fourth-order valence-electron chi connectivity index (χ4n) is 1.56. The Kier molecular flexibility index (Phi) is 9.35. The molecule has 0 saturated heterocycles. The van der Waals surface area contributed by atoms with Crippen LogP contribution in [0.2, 0.25) is 0 Å². The third kappa shape index (κ3) is 9.77. The second-order valence-corrected chi connectivity index (χ2v) is 8.85. The van der Waals surface area contributed by atoms with Crippen molar-refractivity contribution in [3.8, 4) is 0 Å². The second kappa shape index (κ2) is 9.88. The van der Waals surface area contributed by atoms with Crippen LogP contribution in [0.4, 0.5) is 4.79 Å². The first-order valence-electron chi connectivity index (χ1n) is 7.66. The number of esters is 1. The Morgan fingerprint density at radius 3 is 2.29 bits per heavy atom. The zero-order chi connectivity index (χ0) is 19.0. The molecular weight excluding hydrogens is 358 g/mol. The van der Waals surface area contributed by atoms with Crippen LogP contribution in [0.3, 0.4) is 0 Å². The van der Waals surface area contributed by atoms with Crippen LogP contribution in [0.1, 0.15) is 47.5 Å². The van der Waals surface area contributed by atoms with Crippen LogP contribution in [0.25, 0.3) is 0 Å². The number of nitrogens with one attached hydrogen (secondary N) is 1. The zero-order valence-corrected chi connectivity index (χ0v) is 16.3. The Labute approximate surface area is 148 Å². The van der Waals surface area contributed by atoms with Gasteiger partial charge in [-0.2, -0.15) is 0 Å². The first kappa shape index (κ1) is 22.7. The maximum atomic E-state index is 11.9. The predicted octanol–water partition coefficient (Wildman–Crippen LogP) is 2.74. The molecule has 1 N–H and O–H groups in total. The third-order valence-corrected chi connectivity index (χ3v) is 5.00. The van der Waals surface area contributed by atoms with Crippen LogP contribution in [0.5, 0.6) is 0 Å². The van der Waals surface area contributed by atoms with Crippen LogP contribution in [0.15, 0.2) is 10.4 Å². The van der Waals surface area contributed by atoms with Gasteiger partial charge >= 0.3 is 12.1 Å². The van der Waals surface area contributed by atoms with Crippen LogP contribution < -0.4 is 5.32 Å². The van der Waals surface area contributed by atoms with Crippen molar-refractivity contribution in [2.75, 3.05) is 12.4 Å². The van der Waals surface area contributed by atoms with Gasteiger partial charge in [-0.05, 0) is 40.2 Å². The highest BCUT2D eigenvalue weighted by atomic mass is 35.5. The molecule has 140 valence electrons. The molecular formula is C15H26ClNO6S. The Morgan fingerprint density at radius 1 is 1.25 bits per heavy atom. The highest BCUT2D eigenvalue weighted by Crippen LogP contribution is 2.16. The van der Waals surface area contributed by atoms with Gasteiger partial charge in [-0.15, -0.1) is 0 Å². The molecule has 7 nitrogen and oxygen atoms in total. The number of rotatable bonds is 8. The largest absolute Gasteiger partial charge is 0.466 e.